The van der Waals surface area contributed by atoms with E-state index in [0.29, 0.717) is 18.0 Å². The Kier molecular flexibility index (Phi) is 5.43. The molecule has 0 atom stereocenters. The van der Waals surface area contributed by atoms with Gasteiger partial charge in [0.1, 0.15) is 12.0 Å². The van der Waals surface area contributed by atoms with Crippen LogP contribution in [0.2, 0.25) is 0 Å². The van der Waals surface area contributed by atoms with Gasteiger partial charge in [0.25, 0.3) is 0 Å². The molecule has 148 valence electrons. The Balaban J connectivity index is 1.78. The molecule has 4 N–H and O–H groups in total. The Morgan fingerprint density at radius 3 is 2.75 bits per heavy atom. The predicted octanol–water partition coefficient (Wildman–Crippen LogP) is 3.66. The van der Waals surface area contributed by atoms with Crippen molar-refractivity contribution in [2.45, 2.75) is 57.5 Å². The van der Waals surface area contributed by atoms with Gasteiger partial charge in [0.15, 0.2) is 0 Å². The first-order valence-corrected chi connectivity index (χ1v) is 10.1. The third-order valence-electron chi connectivity index (χ3n) is 5.48. The molecule has 3 heterocycles. The Morgan fingerprint density at radius 2 is 2.00 bits per heavy atom. The van der Waals surface area contributed by atoms with Crippen LogP contribution >= 0.6 is 0 Å². The number of aromatic nitrogens is 4. The fraction of sp³-hybridized carbons (Fsp3) is 0.476. The van der Waals surface area contributed by atoms with Crippen molar-refractivity contribution >= 4 is 16.7 Å². The molecule has 0 bridgehead atoms. The van der Waals surface area contributed by atoms with E-state index in [4.69, 9.17) is 10.5 Å². The van der Waals surface area contributed by atoms with Crippen molar-refractivity contribution in [3.8, 4) is 17.1 Å². The number of fused-ring (bicyclic) bond motifs is 1. The van der Waals surface area contributed by atoms with Crippen molar-refractivity contribution in [3.05, 3.63) is 30.4 Å². The van der Waals surface area contributed by atoms with Crippen LogP contribution in [-0.4, -0.2) is 39.1 Å². The lowest BCUT2D eigenvalue weighted by atomic mass is 9.91. The number of aromatic amines is 1. The molecular formula is C21H28N6O. The lowest BCUT2D eigenvalue weighted by Crippen LogP contribution is -2.33. The number of methoxy groups -OCH3 is 1. The summed E-state index contributed by atoms with van der Waals surface area (Å²) < 4.78 is 5.29. The van der Waals surface area contributed by atoms with Gasteiger partial charge in [0.05, 0.1) is 18.5 Å². The Hall–Kier alpha value is -2.67. The highest BCUT2D eigenvalue weighted by Crippen LogP contribution is 2.36. The molecule has 0 radical (unpaired) electrons. The van der Waals surface area contributed by atoms with Gasteiger partial charge in [0, 0.05) is 41.0 Å². The van der Waals surface area contributed by atoms with Crippen LogP contribution in [0.1, 0.15) is 44.7 Å². The highest BCUT2D eigenvalue weighted by molar-refractivity contribution is 5.98. The summed E-state index contributed by atoms with van der Waals surface area (Å²) in [4.78, 5) is 16.7. The van der Waals surface area contributed by atoms with Gasteiger partial charge in [0.2, 0.25) is 5.88 Å². The van der Waals surface area contributed by atoms with Crippen LogP contribution in [0.3, 0.4) is 0 Å². The maximum Gasteiger partial charge on any atom is 0.216 e. The Morgan fingerprint density at radius 1 is 1.18 bits per heavy atom. The third-order valence-corrected chi connectivity index (χ3v) is 5.48. The minimum atomic E-state index is 0.324. The van der Waals surface area contributed by atoms with Crippen molar-refractivity contribution in [3.63, 3.8) is 0 Å². The molecule has 1 fully saturated rings. The number of hydrogen-bond donors (Lipinski definition) is 3. The summed E-state index contributed by atoms with van der Waals surface area (Å²) in [5.74, 6) is 0.542. The van der Waals surface area contributed by atoms with Gasteiger partial charge in [-0.2, -0.15) is 0 Å². The topological polar surface area (TPSA) is 102 Å². The average Bonchev–Trinajstić information content (AvgIpc) is 3.13. The van der Waals surface area contributed by atoms with Crippen LogP contribution in [0.25, 0.3) is 22.3 Å². The van der Waals surface area contributed by atoms with E-state index in [1.54, 1.807) is 7.11 Å². The SMILES string of the molecule is CCCc1cc2c(NC3CCC(N)CC3)c(-c3cc(OC)ncn3)cnc2[nH]1. The summed E-state index contributed by atoms with van der Waals surface area (Å²) in [7, 11) is 1.61. The fourth-order valence-electron chi connectivity index (χ4n) is 3.95. The number of nitrogens with one attached hydrogen (secondary N) is 2. The highest BCUT2D eigenvalue weighted by atomic mass is 16.5. The van der Waals surface area contributed by atoms with Gasteiger partial charge in [-0.25, -0.2) is 15.0 Å². The van der Waals surface area contributed by atoms with Crippen LogP contribution < -0.4 is 15.8 Å². The van der Waals surface area contributed by atoms with Crippen molar-refractivity contribution in [2.75, 3.05) is 12.4 Å². The molecule has 7 nitrogen and oxygen atoms in total. The fourth-order valence-corrected chi connectivity index (χ4v) is 3.95. The average molecular weight is 380 g/mol. The van der Waals surface area contributed by atoms with Crippen LogP contribution in [0, 0.1) is 0 Å². The summed E-state index contributed by atoms with van der Waals surface area (Å²) in [5.41, 5.74) is 11.0. The van der Waals surface area contributed by atoms with Crippen LogP contribution in [0.5, 0.6) is 5.88 Å². The summed E-state index contributed by atoms with van der Waals surface area (Å²) in [6.07, 6.45) is 9.76. The van der Waals surface area contributed by atoms with Crippen molar-refractivity contribution in [2.24, 2.45) is 5.73 Å². The monoisotopic (exact) mass is 380 g/mol. The Labute approximate surface area is 165 Å². The van der Waals surface area contributed by atoms with Crippen LogP contribution in [-0.2, 0) is 6.42 Å². The number of nitrogens with zero attached hydrogens (tertiary/aromatic N) is 3. The number of ether oxygens (including phenoxy) is 1. The number of aryl methyl sites for hydroxylation is 1. The zero-order valence-electron chi connectivity index (χ0n) is 16.5. The number of anilines is 1. The van der Waals surface area contributed by atoms with Gasteiger partial charge >= 0.3 is 0 Å². The maximum atomic E-state index is 6.10. The summed E-state index contributed by atoms with van der Waals surface area (Å²) in [5, 5.41) is 4.89. The van der Waals surface area contributed by atoms with E-state index in [0.717, 1.165) is 66.5 Å². The van der Waals surface area contributed by atoms with Crippen molar-refractivity contribution < 1.29 is 4.74 Å². The van der Waals surface area contributed by atoms with E-state index >= 15 is 0 Å². The second-order valence-electron chi connectivity index (χ2n) is 7.56. The second-order valence-corrected chi connectivity index (χ2v) is 7.56. The van der Waals surface area contributed by atoms with Gasteiger partial charge in [-0.05, 0) is 38.2 Å². The molecule has 0 saturated heterocycles. The molecule has 0 aliphatic heterocycles. The van der Waals surface area contributed by atoms with Crippen LogP contribution in [0.15, 0.2) is 24.7 Å². The third kappa shape index (κ3) is 3.80. The van der Waals surface area contributed by atoms with E-state index in [1.165, 1.54) is 12.0 Å². The molecule has 28 heavy (non-hydrogen) atoms. The summed E-state index contributed by atoms with van der Waals surface area (Å²) in [6.45, 7) is 2.18. The quantitative estimate of drug-likeness (QED) is 0.603. The van der Waals surface area contributed by atoms with Crippen LogP contribution in [0.4, 0.5) is 5.69 Å². The molecule has 3 aromatic rings. The van der Waals surface area contributed by atoms with E-state index in [1.807, 2.05) is 12.3 Å². The van der Waals surface area contributed by atoms with Crippen molar-refractivity contribution in [1.82, 2.24) is 19.9 Å². The first-order valence-electron chi connectivity index (χ1n) is 10.1. The molecular weight excluding hydrogens is 352 g/mol. The van der Waals surface area contributed by atoms with E-state index < -0.39 is 0 Å². The molecule has 7 heteroatoms. The molecule has 3 aromatic heterocycles. The summed E-state index contributed by atoms with van der Waals surface area (Å²) in [6, 6.07) is 4.79. The smallest absolute Gasteiger partial charge is 0.216 e. The molecule has 0 unspecified atom stereocenters. The number of rotatable bonds is 6. The molecule has 1 saturated carbocycles. The van der Waals surface area contributed by atoms with Gasteiger partial charge < -0.3 is 20.8 Å². The highest BCUT2D eigenvalue weighted by Gasteiger charge is 2.22. The second kappa shape index (κ2) is 8.14. The molecule has 1 aliphatic carbocycles. The first kappa shape index (κ1) is 18.7. The number of pyridine rings is 1. The number of hydrogen-bond acceptors (Lipinski definition) is 6. The predicted molar refractivity (Wildman–Crippen MR) is 112 cm³/mol. The van der Waals surface area contributed by atoms with Gasteiger partial charge in [-0.15, -0.1) is 0 Å². The molecule has 0 aromatic carbocycles. The van der Waals surface area contributed by atoms with E-state index in [2.05, 4.69) is 38.2 Å². The lowest BCUT2D eigenvalue weighted by molar-refractivity contribution is 0.397. The van der Waals surface area contributed by atoms with E-state index in [9.17, 15) is 0 Å². The number of nitrogens with two attached hydrogens (primary N) is 1. The molecule has 0 spiro atoms. The molecule has 1 aliphatic rings. The molecule has 4 rings (SSSR count). The molecule has 0 amide bonds. The largest absolute Gasteiger partial charge is 0.481 e. The summed E-state index contributed by atoms with van der Waals surface area (Å²) >= 11 is 0. The minimum Gasteiger partial charge on any atom is -0.481 e. The zero-order valence-corrected chi connectivity index (χ0v) is 16.5. The Bertz CT molecular complexity index is 945. The van der Waals surface area contributed by atoms with Gasteiger partial charge in [-0.3, -0.25) is 0 Å². The maximum absolute atomic E-state index is 6.10. The van der Waals surface area contributed by atoms with E-state index in [-0.39, 0.29) is 0 Å². The minimum absolute atomic E-state index is 0.324. The van der Waals surface area contributed by atoms with Gasteiger partial charge in [-0.1, -0.05) is 13.3 Å². The normalized spacial score (nSPS) is 19.7. The van der Waals surface area contributed by atoms with Crippen molar-refractivity contribution in [1.29, 1.82) is 0 Å². The lowest BCUT2D eigenvalue weighted by Gasteiger charge is -2.28. The first-order chi connectivity index (χ1) is 13.7. The standard InChI is InChI=1S/C21H28N6O/c1-3-4-15-9-16-20(26-14-7-5-13(22)6-8-14)17(11-23-21(16)27-15)18-10-19(28-2)25-12-24-18/h9-14H,3-8,22H2,1-2H3,(H2,23,26,27). The number of H-pyrrole nitrogens is 1. The zero-order chi connectivity index (χ0) is 19.5.